The molecule has 0 atom stereocenters. The second-order valence-electron chi connectivity index (χ2n) is 7.15. The van der Waals surface area contributed by atoms with E-state index < -0.39 is 0 Å². The minimum Gasteiger partial charge on any atom is -0.493 e. The third-order valence-corrected chi connectivity index (χ3v) is 5.22. The molecule has 0 bridgehead atoms. The number of rotatable bonds is 7. The molecule has 1 N–H and O–H groups in total. The largest absolute Gasteiger partial charge is 0.493 e. The average molecular weight is 429 g/mol. The predicted octanol–water partition coefficient (Wildman–Crippen LogP) is 3.38. The molecular formula is C25H23N3O4. The summed E-state index contributed by atoms with van der Waals surface area (Å²) < 4.78 is 12.0. The van der Waals surface area contributed by atoms with Crippen LogP contribution in [0.5, 0.6) is 11.5 Å². The zero-order chi connectivity index (χ0) is 22.5. The van der Waals surface area contributed by atoms with E-state index in [1.807, 2.05) is 24.3 Å². The van der Waals surface area contributed by atoms with Crippen molar-refractivity contribution in [1.82, 2.24) is 14.9 Å². The second kappa shape index (κ2) is 9.34. The molecule has 1 aromatic heterocycles. The van der Waals surface area contributed by atoms with Crippen molar-refractivity contribution in [2.45, 2.75) is 6.42 Å². The maximum Gasteiger partial charge on any atom is 0.265 e. The van der Waals surface area contributed by atoms with Gasteiger partial charge in [0.1, 0.15) is 6.33 Å². The molecule has 0 aliphatic heterocycles. The van der Waals surface area contributed by atoms with Crippen molar-refractivity contribution in [2.75, 3.05) is 20.8 Å². The molecule has 0 unspecified atom stereocenters. The molecule has 0 aliphatic rings. The first-order valence-corrected chi connectivity index (χ1v) is 10.2. The Morgan fingerprint density at radius 1 is 0.969 bits per heavy atom. The number of methoxy groups -OCH3 is 2. The highest BCUT2D eigenvalue weighted by atomic mass is 16.5. The van der Waals surface area contributed by atoms with Gasteiger partial charge in [0.25, 0.3) is 11.5 Å². The van der Waals surface area contributed by atoms with Gasteiger partial charge in [-0.15, -0.1) is 0 Å². The van der Waals surface area contributed by atoms with Crippen molar-refractivity contribution in [1.29, 1.82) is 0 Å². The second-order valence-corrected chi connectivity index (χ2v) is 7.15. The van der Waals surface area contributed by atoms with Crippen molar-refractivity contribution in [3.05, 3.63) is 94.5 Å². The van der Waals surface area contributed by atoms with E-state index in [1.54, 1.807) is 56.7 Å². The molecule has 0 fully saturated rings. The van der Waals surface area contributed by atoms with Crippen LogP contribution >= 0.6 is 0 Å². The highest BCUT2D eigenvalue weighted by Crippen LogP contribution is 2.27. The van der Waals surface area contributed by atoms with Gasteiger partial charge in [-0.1, -0.05) is 30.3 Å². The van der Waals surface area contributed by atoms with Gasteiger partial charge in [-0.3, -0.25) is 14.2 Å². The lowest BCUT2D eigenvalue weighted by molar-refractivity contribution is 0.0954. The van der Waals surface area contributed by atoms with E-state index in [2.05, 4.69) is 10.3 Å². The minimum absolute atomic E-state index is 0.221. The first kappa shape index (κ1) is 21.1. The lowest BCUT2D eigenvalue weighted by atomic mass is 10.1. The van der Waals surface area contributed by atoms with Crippen LogP contribution in [0.1, 0.15) is 15.9 Å². The van der Waals surface area contributed by atoms with E-state index in [0.717, 1.165) is 5.56 Å². The molecule has 3 aromatic carbocycles. The summed E-state index contributed by atoms with van der Waals surface area (Å²) in [5.41, 5.74) is 2.29. The Labute approximate surface area is 185 Å². The summed E-state index contributed by atoms with van der Waals surface area (Å²) in [5.74, 6) is 1.04. The van der Waals surface area contributed by atoms with Crippen LogP contribution in [0, 0.1) is 0 Å². The van der Waals surface area contributed by atoms with Gasteiger partial charge in [0, 0.05) is 6.54 Å². The van der Waals surface area contributed by atoms with Crippen molar-refractivity contribution >= 4 is 16.8 Å². The molecule has 1 amide bonds. The number of nitrogens with one attached hydrogen (secondary N) is 1. The number of amides is 1. The number of hydrogen-bond donors (Lipinski definition) is 1. The van der Waals surface area contributed by atoms with E-state index >= 15 is 0 Å². The molecule has 162 valence electrons. The predicted molar refractivity (Wildman–Crippen MR) is 123 cm³/mol. The number of carbonyl (C=O) groups is 1. The van der Waals surface area contributed by atoms with Crippen molar-refractivity contribution in [3.8, 4) is 17.2 Å². The highest BCUT2D eigenvalue weighted by Gasteiger charge is 2.14. The Balaban J connectivity index is 1.54. The molecule has 4 rings (SSSR count). The van der Waals surface area contributed by atoms with Crippen molar-refractivity contribution < 1.29 is 14.3 Å². The van der Waals surface area contributed by atoms with E-state index in [4.69, 9.17) is 9.47 Å². The molecule has 0 saturated carbocycles. The number of ether oxygens (including phenoxy) is 2. The number of hydrogen-bond acceptors (Lipinski definition) is 5. The minimum atomic E-state index is -0.263. The molecule has 0 saturated heterocycles. The van der Waals surface area contributed by atoms with Gasteiger partial charge in [-0.25, -0.2) is 4.98 Å². The van der Waals surface area contributed by atoms with Gasteiger partial charge < -0.3 is 14.8 Å². The van der Waals surface area contributed by atoms with Gasteiger partial charge in [0.2, 0.25) is 0 Å². The number of benzene rings is 3. The maximum absolute atomic E-state index is 13.0. The summed E-state index contributed by atoms with van der Waals surface area (Å²) in [7, 11) is 3.18. The molecule has 0 radical (unpaired) electrons. The normalized spacial score (nSPS) is 10.7. The fraction of sp³-hybridized carbons (Fsp3) is 0.160. The standard InChI is InChI=1S/C25H23N3O4/c1-31-22-12-11-17(15-23(22)32-2)13-14-26-24(29)19-8-4-6-10-21(19)28-16-27-20-9-5-3-7-18(20)25(28)30/h3-12,15-16H,13-14H2,1-2H3,(H,26,29). The number of nitrogens with zero attached hydrogens (tertiary/aromatic N) is 2. The maximum atomic E-state index is 13.0. The zero-order valence-electron chi connectivity index (χ0n) is 17.9. The summed E-state index contributed by atoms with van der Waals surface area (Å²) in [6.45, 7) is 0.424. The summed E-state index contributed by atoms with van der Waals surface area (Å²) >= 11 is 0. The van der Waals surface area contributed by atoms with E-state index in [9.17, 15) is 9.59 Å². The SMILES string of the molecule is COc1ccc(CCNC(=O)c2ccccc2-n2cnc3ccccc3c2=O)cc1OC. The number of carbonyl (C=O) groups excluding carboxylic acids is 1. The van der Waals surface area contributed by atoms with Crippen LogP contribution in [-0.2, 0) is 6.42 Å². The van der Waals surface area contributed by atoms with Gasteiger partial charge in [0.15, 0.2) is 11.5 Å². The van der Waals surface area contributed by atoms with Crippen LogP contribution in [0.3, 0.4) is 0 Å². The quantitative estimate of drug-likeness (QED) is 0.487. The third kappa shape index (κ3) is 4.18. The average Bonchev–Trinajstić information content (AvgIpc) is 2.84. The fourth-order valence-corrected chi connectivity index (χ4v) is 3.57. The Morgan fingerprint density at radius 3 is 2.53 bits per heavy atom. The number of para-hydroxylation sites is 2. The number of aromatic nitrogens is 2. The van der Waals surface area contributed by atoms with Crippen LogP contribution in [-0.4, -0.2) is 36.2 Å². The van der Waals surface area contributed by atoms with Gasteiger partial charge in [-0.05, 0) is 48.4 Å². The Morgan fingerprint density at radius 2 is 1.72 bits per heavy atom. The zero-order valence-corrected chi connectivity index (χ0v) is 17.9. The highest BCUT2D eigenvalue weighted by molar-refractivity contribution is 5.97. The lowest BCUT2D eigenvalue weighted by Gasteiger charge is -2.13. The topological polar surface area (TPSA) is 82.5 Å². The van der Waals surface area contributed by atoms with Crippen LogP contribution in [0.15, 0.2) is 77.9 Å². The van der Waals surface area contributed by atoms with Crippen molar-refractivity contribution in [3.63, 3.8) is 0 Å². The van der Waals surface area contributed by atoms with Crippen LogP contribution < -0.4 is 20.3 Å². The Bertz CT molecular complexity index is 1330. The van der Waals surface area contributed by atoms with Gasteiger partial charge in [-0.2, -0.15) is 0 Å². The van der Waals surface area contributed by atoms with Gasteiger partial charge >= 0.3 is 0 Å². The Kier molecular flexibility index (Phi) is 6.17. The van der Waals surface area contributed by atoms with E-state index in [-0.39, 0.29) is 11.5 Å². The van der Waals surface area contributed by atoms with Gasteiger partial charge in [0.05, 0.1) is 36.4 Å². The monoisotopic (exact) mass is 429 g/mol. The molecule has 1 heterocycles. The summed E-state index contributed by atoms with van der Waals surface area (Å²) in [6.07, 6.45) is 2.08. The number of fused-ring (bicyclic) bond motifs is 1. The summed E-state index contributed by atoms with van der Waals surface area (Å²) in [5, 5.41) is 3.43. The molecule has 7 heteroatoms. The lowest BCUT2D eigenvalue weighted by Crippen LogP contribution is -2.28. The summed E-state index contributed by atoms with van der Waals surface area (Å²) in [4.78, 5) is 30.3. The molecule has 0 spiro atoms. The molecule has 32 heavy (non-hydrogen) atoms. The van der Waals surface area contributed by atoms with E-state index in [0.29, 0.717) is 46.6 Å². The third-order valence-electron chi connectivity index (χ3n) is 5.22. The molecule has 0 aliphatic carbocycles. The van der Waals surface area contributed by atoms with E-state index in [1.165, 1.54) is 10.9 Å². The first-order valence-electron chi connectivity index (χ1n) is 10.2. The molecule has 7 nitrogen and oxygen atoms in total. The summed E-state index contributed by atoms with van der Waals surface area (Å²) in [6, 6.07) is 19.8. The molecule has 4 aromatic rings. The fourth-order valence-electron chi connectivity index (χ4n) is 3.57. The van der Waals surface area contributed by atoms with Crippen LogP contribution in [0.4, 0.5) is 0 Å². The van der Waals surface area contributed by atoms with Crippen LogP contribution in [0.25, 0.3) is 16.6 Å². The first-order chi connectivity index (χ1) is 15.6. The smallest absolute Gasteiger partial charge is 0.265 e. The Hall–Kier alpha value is -4.13. The van der Waals surface area contributed by atoms with Crippen LogP contribution in [0.2, 0.25) is 0 Å². The molecular weight excluding hydrogens is 406 g/mol. The van der Waals surface area contributed by atoms with Crippen molar-refractivity contribution in [2.24, 2.45) is 0 Å².